The Balaban J connectivity index is 1.48. The molecular weight excluding hydrogens is 392 g/mol. The van der Waals surface area contributed by atoms with E-state index in [1.54, 1.807) is 31.2 Å². The van der Waals surface area contributed by atoms with Crippen molar-refractivity contribution in [2.24, 2.45) is 0 Å². The van der Waals surface area contributed by atoms with Crippen LogP contribution in [0.3, 0.4) is 0 Å². The normalized spacial score (nSPS) is 16.6. The zero-order valence-electron chi connectivity index (χ0n) is 16.6. The third-order valence-corrected chi connectivity index (χ3v) is 6.68. The smallest absolute Gasteiger partial charge is 0.260 e. The molecule has 0 unspecified atom stereocenters. The Morgan fingerprint density at radius 2 is 1.66 bits per heavy atom. The van der Waals surface area contributed by atoms with Crippen LogP contribution in [0.25, 0.3) is 0 Å². The number of nitrogens with zero attached hydrogens (tertiary/aromatic N) is 1. The van der Waals surface area contributed by atoms with Gasteiger partial charge < -0.3 is 14.4 Å². The molecule has 8 heteroatoms. The molecule has 2 aromatic rings. The summed E-state index contributed by atoms with van der Waals surface area (Å²) in [5, 5.41) is -0.565. The quantitative estimate of drug-likeness (QED) is 0.713. The first-order valence-electron chi connectivity index (χ1n) is 9.61. The third-order valence-electron chi connectivity index (χ3n) is 4.72. The number of benzene rings is 2. The maximum Gasteiger partial charge on any atom is 0.260 e. The van der Waals surface area contributed by atoms with E-state index < -0.39 is 15.3 Å². The fourth-order valence-corrected chi connectivity index (χ4v) is 4.54. The number of hydrogen-bond donors (Lipinski definition) is 1. The lowest BCUT2D eigenvalue weighted by atomic mass is 10.2. The lowest BCUT2D eigenvalue weighted by Gasteiger charge is -2.17. The van der Waals surface area contributed by atoms with Crippen molar-refractivity contribution >= 4 is 15.9 Å². The first-order chi connectivity index (χ1) is 13.9. The molecule has 0 radical (unpaired) electrons. The first kappa shape index (κ1) is 21.1. The third kappa shape index (κ3) is 5.71. The summed E-state index contributed by atoms with van der Waals surface area (Å²) in [6.45, 7) is 4.58. The van der Waals surface area contributed by atoms with Gasteiger partial charge in [-0.15, -0.1) is 0 Å². The maximum absolute atomic E-state index is 12.3. The number of amides is 1. The van der Waals surface area contributed by atoms with Crippen molar-refractivity contribution in [1.29, 1.82) is 0 Å². The Hall–Kier alpha value is -2.58. The summed E-state index contributed by atoms with van der Waals surface area (Å²) in [5.41, 5.74) is 1.16. The van der Waals surface area contributed by atoms with Crippen molar-refractivity contribution < 1.29 is 22.7 Å². The number of aryl methyl sites for hydroxylation is 1. The van der Waals surface area contributed by atoms with E-state index in [4.69, 9.17) is 9.47 Å². The monoisotopic (exact) mass is 418 g/mol. The second-order valence-electron chi connectivity index (χ2n) is 6.97. The molecule has 0 bridgehead atoms. The van der Waals surface area contributed by atoms with Gasteiger partial charge in [0.1, 0.15) is 17.2 Å². The number of carbonyl (C=O) groups is 1. The van der Waals surface area contributed by atoms with E-state index in [0.717, 1.165) is 11.3 Å². The molecular formula is C21H26N2O5S. The number of rotatable bonds is 8. The molecule has 7 nitrogen and oxygen atoms in total. The van der Waals surface area contributed by atoms with Crippen LogP contribution in [-0.2, 0) is 14.8 Å². The zero-order valence-corrected chi connectivity index (χ0v) is 17.4. The Bertz CT molecular complexity index is 927. The number of ether oxygens (including phenoxy) is 2. The van der Waals surface area contributed by atoms with Gasteiger partial charge in [0.25, 0.3) is 5.91 Å². The molecule has 1 atom stereocenters. The second kappa shape index (κ2) is 9.28. The van der Waals surface area contributed by atoms with Crippen LogP contribution < -0.4 is 14.2 Å². The summed E-state index contributed by atoms with van der Waals surface area (Å²) >= 11 is 0. The molecule has 156 valence electrons. The summed E-state index contributed by atoms with van der Waals surface area (Å²) in [6.07, 6.45) is 0.437. The minimum Gasteiger partial charge on any atom is -0.484 e. The summed E-state index contributed by atoms with van der Waals surface area (Å²) in [7, 11) is -3.38. The van der Waals surface area contributed by atoms with E-state index in [1.807, 2.05) is 31.2 Å². The van der Waals surface area contributed by atoms with E-state index in [0.29, 0.717) is 31.0 Å². The highest BCUT2D eigenvalue weighted by Gasteiger charge is 2.34. The number of likely N-dealkylation sites (tertiary alicyclic amines) is 1. The lowest BCUT2D eigenvalue weighted by Crippen LogP contribution is -2.38. The van der Waals surface area contributed by atoms with Crippen LogP contribution in [-0.4, -0.2) is 50.7 Å². The van der Waals surface area contributed by atoms with Crippen molar-refractivity contribution in [3.05, 3.63) is 54.1 Å². The van der Waals surface area contributed by atoms with Gasteiger partial charge in [-0.2, -0.15) is 0 Å². The molecule has 0 saturated carbocycles. The topological polar surface area (TPSA) is 84.9 Å². The molecule has 0 aliphatic carbocycles. The Kier molecular flexibility index (Phi) is 6.76. The molecule has 1 heterocycles. The van der Waals surface area contributed by atoms with E-state index in [1.165, 1.54) is 4.90 Å². The predicted octanol–water partition coefficient (Wildman–Crippen LogP) is 2.71. The number of sulfonamides is 1. The van der Waals surface area contributed by atoms with Crippen LogP contribution in [0.2, 0.25) is 0 Å². The van der Waals surface area contributed by atoms with Gasteiger partial charge in [-0.05, 0) is 49.7 Å². The molecule has 1 aliphatic heterocycles. The van der Waals surface area contributed by atoms with Gasteiger partial charge in [0.15, 0.2) is 6.61 Å². The summed E-state index contributed by atoms with van der Waals surface area (Å²) in [4.78, 5) is 13.9. The number of hydrogen-bond acceptors (Lipinski definition) is 5. The van der Waals surface area contributed by atoms with Gasteiger partial charge in [0.2, 0.25) is 10.0 Å². The first-order valence-corrected chi connectivity index (χ1v) is 11.2. The largest absolute Gasteiger partial charge is 0.484 e. The highest BCUT2D eigenvalue weighted by atomic mass is 32.2. The van der Waals surface area contributed by atoms with Gasteiger partial charge in [0.05, 0.1) is 5.25 Å². The molecule has 2 aromatic carbocycles. The van der Waals surface area contributed by atoms with Gasteiger partial charge >= 0.3 is 0 Å². The van der Waals surface area contributed by atoms with Crippen molar-refractivity contribution in [1.82, 2.24) is 9.62 Å². The van der Waals surface area contributed by atoms with Gasteiger partial charge in [0, 0.05) is 19.6 Å². The minimum absolute atomic E-state index is 0.133. The van der Waals surface area contributed by atoms with E-state index in [2.05, 4.69) is 4.72 Å². The molecule has 1 fully saturated rings. The van der Waals surface area contributed by atoms with Crippen LogP contribution in [0.15, 0.2) is 48.5 Å². The standard InChI is InChI=1S/C21H26N2O5S/c1-3-22-29(25,26)20-12-13-23(14-20)21(24)15-27-17-8-10-19(11-9-17)28-18-6-4-16(2)5-7-18/h4-11,20,22H,3,12-15H2,1-2H3/t20-/m1/s1. The Morgan fingerprint density at radius 1 is 1.07 bits per heavy atom. The van der Waals surface area contributed by atoms with Crippen LogP contribution in [0, 0.1) is 6.92 Å². The molecule has 1 amide bonds. The Labute approximate surface area is 171 Å². The molecule has 1 saturated heterocycles. The second-order valence-corrected chi connectivity index (χ2v) is 9.01. The summed E-state index contributed by atoms with van der Waals surface area (Å²) in [6, 6.07) is 14.8. The van der Waals surface area contributed by atoms with Crippen LogP contribution in [0.4, 0.5) is 0 Å². The lowest BCUT2D eigenvalue weighted by molar-refractivity contribution is -0.132. The fraction of sp³-hybridized carbons (Fsp3) is 0.381. The minimum atomic E-state index is -3.38. The highest BCUT2D eigenvalue weighted by molar-refractivity contribution is 7.90. The van der Waals surface area contributed by atoms with Gasteiger partial charge in [-0.3, -0.25) is 4.79 Å². The summed E-state index contributed by atoms with van der Waals surface area (Å²) < 4.78 is 38.0. The maximum atomic E-state index is 12.3. The number of nitrogens with one attached hydrogen (secondary N) is 1. The van der Waals surface area contributed by atoms with E-state index in [-0.39, 0.29) is 19.1 Å². The van der Waals surface area contributed by atoms with Crippen LogP contribution >= 0.6 is 0 Å². The Morgan fingerprint density at radius 3 is 2.28 bits per heavy atom. The molecule has 29 heavy (non-hydrogen) atoms. The average molecular weight is 419 g/mol. The number of carbonyl (C=O) groups excluding carboxylic acids is 1. The summed E-state index contributed by atoms with van der Waals surface area (Å²) in [5.74, 6) is 1.74. The van der Waals surface area contributed by atoms with Gasteiger partial charge in [-0.25, -0.2) is 13.1 Å². The molecule has 0 spiro atoms. The van der Waals surface area contributed by atoms with Crippen LogP contribution in [0.5, 0.6) is 17.2 Å². The van der Waals surface area contributed by atoms with Crippen molar-refractivity contribution in [2.45, 2.75) is 25.5 Å². The average Bonchev–Trinajstić information content (AvgIpc) is 3.20. The van der Waals surface area contributed by atoms with Crippen molar-refractivity contribution in [3.63, 3.8) is 0 Å². The van der Waals surface area contributed by atoms with Crippen molar-refractivity contribution in [3.8, 4) is 17.2 Å². The fourth-order valence-electron chi connectivity index (χ4n) is 3.11. The SMILES string of the molecule is CCNS(=O)(=O)[C@@H]1CCN(C(=O)COc2ccc(Oc3ccc(C)cc3)cc2)C1. The zero-order chi connectivity index (χ0) is 20.9. The van der Waals surface area contributed by atoms with Gasteiger partial charge in [-0.1, -0.05) is 24.6 Å². The molecule has 3 rings (SSSR count). The van der Waals surface area contributed by atoms with Crippen LogP contribution in [0.1, 0.15) is 18.9 Å². The molecule has 1 N–H and O–H groups in total. The van der Waals surface area contributed by atoms with Crippen molar-refractivity contribution in [2.75, 3.05) is 26.2 Å². The van der Waals surface area contributed by atoms with E-state index >= 15 is 0 Å². The molecule has 1 aliphatic rings. The van der Waals surface area contributed by atoms with E-state index in [9.17, 15) is 13.2 Å². The predicted molar refractivity (Wildman–Crippen MR) is 111 cm³/mol. The molecule has 0 aromatic heterocycles. The highest BCUT2D eigenvalue weighted by Crippen LogP contribution is 2.24.